The van der Waals surface area contributed by atoms with E-state index in [1.165, 1.54) is 6.39 Å². The van der Waals surface area contributed by atoms with Crippen molar-refractivity contribution in [3.8, 4) is 0 Å². The van der Waals surface area contributed by atoms with Gasteiger partial charge in [-0.15, -0.1) is 0 Å². The van der Waals surface area contributed by atoms with Crippen molar-refractivity contribution in [1.82, 2.24) is 20.8 Å². The largest absolute Gasteiger partial charge is 0.345 e. The molecule has 6 nitrogen and oxygen atoms in total. The third kappa shape index (κ3) is 1.74. The summed E-state index contributed by atoms with van der Waals surface area (Å²) in [4.78, 5) is 15.3. The van der Waals surface area contributed by atoms with E-state index in [1.54, 1.807) is 0 Å². The predicted molar refractivity (Wildman–Crippen MR) is 47.3 cm³/mol. The van der Waals surface area contributed by atoms with Crippen LogP contribution in [0, 0.1) is 0 Å². The van der Waals surface area contributed by atoms with Crippen LogP contribution in [-0.2, 0) is 4.79 Å². The zero-order valence-electron chi connectivity index (χ0n) is 7.86. The molecule has 1 aromatic heterocycles. The lowest BCUT2D eigenvalue weighted by atomic mass is 10.1. The van der Waals surface area contributed by atoms with Crippen LogP contribution in [-0.4, -0.2) is 28.6 Å². The van der Waals surface area contributed by atoms with Gasteiger partial charge in [0.05, 0.1) is 12.1 Å². The molecule has 14 heavy (non-hydrogen) atoms. The highest BCUT2D eigenvalue weighted by Gasteiger charge is 2.26. The molecule has 0 aliphatic carbocycles. The van der Waals surface area contributed by atoms with Crippen LogP contribution in [0.5, 0.6) is 0 Å². The molecule has 0 spiro atoms. The normalized spacial score (nSPS) is 22.5. The Bertz CT molecular complexity index is 307. The van der Waals surface area contributed by atoms with E-state index in [2.05, 4.69) is 25.3 Å². The van der Waals surface area contributed by atoms with Crippen molar-refractivity contribution in [3.05, 3.63) is 12.2 Å². The molecular weight excluding hydrogens is 184 g/mol. The molecule has 2 N–H and O–H groups in total. The molecule has 2 atom stereocenters. The third-order valence-electron chi connectivity index (χ3n) is 2.26. The quantitative estimate of drug-likeness (QED) is 0.688. The molecule has 76 valence electrons. The van der Waals surface area contributed by atoms with Gasteiger partial charge in [-0.2, -0.15) is 4.98 Å². The van der Waals surface area contributed by atoms with Crippen molar-refractivity contribution < 1.29 is 9.32 Å². The predicted octanol–water partition coefficient (Wildman–Crippen LogP) is -0.391. The average molecular weight is 196 g/mol. The second kappa shape index (κ2) is 3.75. The third-order valence-corrected chi connectivity index (χ3v) is 2.26. The van der Waals surface area contributed by atoms with E-state index in [-0.39, 0.29) is 18.0 Å². The van der Waals surface area contributed by atoms with Gasteiger partial charge in [0.1, 0.15) is 0 Å². The fourth-order valence-electron chi connectivity index (χ4n) is 1.26. The van der Waals surface area contributed by atoms with Gasteiger partial charge in [0, 0.05) is 0 Å². The Balaban J connectivity index is 1.87. The first-order valence-electron chi connectivity index (χ1n) is 4.57. The monoisotopic (exact) mass is 196 g/mol. The highest BCUT2D eigenvalue weighted by Crippen LogP contribution is 2.08. The second-order valence-electron chi connectivity index (χ2n) is 3.32. The molecule has 0 saturated carbocycles. The minimum atomic E-state index is -0.205. The Hall–Kier alpha value is -1.43. The first kappa shape index (κ1) is 9.14. The first-order chi connectivity index (χ1) is 6.77. The van der Waals surface area contributed by atoms with E-state index >= 15 is 0 Å². The number of hydrogen-bond donors (Lipinski definition) is 2. The van der Waals surface area contributed by atoms with Crippen molar-refractivity contribution in [2.45, 2.75) is 25.4 Å². The maximum Gasteiger partial charge on any atom is 0.237 e. The molecule has 1 aliphatic heterocycles. The van der Waals surface area contributed by atoms with E-state index in [4.69, 9.17) is 0 Å². The average Bonchev–Trinajstić information content (AvgIpc) is 2.51. The van der Waals surface area contributed by atoms with Gasteiger partial charge >= 0.3 is 0 Å². The molecule has 2 rings (SSSR count). The van der Waals surface area contributed by atoms with Crippen molar-refractivity contribution in [1.29, 1.82) is 0 Å². The van der Waals surface area contributed by atoms with Gasteiger partial charge in [0.15, 0.2) is 5.82 Å². The molecule has 1 amide bonds. The molecule has 2 unspecified atom stereocenters. The Morgan fingerprint density at radius 1 is 1.86 bits per heavy atom. The standard InChI is InChI=1S/C8H12N4O2/c1-5(7-10-4-14-12-7)11-8(13)6-2-3-9-6/h4-6,9H,2-3H2,1H3,(H,11,13). The maximum atomic E-state index is 11.5. The number of carbonyl (C=O) groups excluding carboxylic acids is 1. The maximum absolute atomic E-state index is 11.5. The molecule has 0 radical (unpaired) electrons. The lowest BCUT2D eigenvalue weighted by Gasteiger charge is -2.27. The molecule has 0 aromatic carbocycles. The molecule has 0 bridgehead atoms. The van der Waals surface area contributed by atoms with Crippen LogP contribution in [0.2, 0.25) is 0 Å². The van der Waals surface area contributed by atoms with Crippen LogP contribution in [0.15, 0.2) is 10.9 Å². The number of nitrogens with one attached hydrogen (secondary N) is 2. The SMILES string of the molecule is CC(NC(=O)C1CCN1)c1ncon1. The molecule has 2 heterocycles. The number of aromatic nitrogens is 2. The fourth-order valence-corrected chi connectivity index (χ4v) is 1.26. The van der Waals surface area contributed by atoms with Crippen molar-refractivity contribution in [2.75, 3.05) is 6.54 Å². The van der Waals surface area contributed by atoms with Crippen LogP contribution in [0.4, 0.5) is 0 Å². The molecule has 1 fully saturated rings. The Kier molecular flexibility index (Phi) is 2.45. The summed E-state index contributed by atoms with van der Waals surface area (Å²) in [5, 5.41) is 9.47. The molecule has 6 heteroatoms. The second-order valence-corrected chi connectivity index (χ2v) is 3.32. The van der Waals surface area contributed by atoms with Gasteiger partial charge in [-0.3, -0.25) is 4.79 Å². The lowest BCUT2D eigenvalue weighted by Crippen LogP contribution is -2.53. The first-order valence-corrected chi connectivity index (χ1v) is 4.57. The Morgan fingerprint density at radius 3 is 3.14 bits per heavy atom. The Morgan fingerprint density at radius 2 is 2.64 bits per heavy atom. The van der Waals surface area contributed by atoms with Gasteiger partial charge in [-0.05, 0) is 19.9 Å². The van der Waals surface area contributed by atoms with E-state index in [0.29, 0.717) is 5.82 Å². The zero-order chi connectivity index (χ0) is 9.97. The molecular formula is C8H12N4O2. The van der Waals surface area contributed by atoms with E-state index < -0.39 is 0 Å². The minimum absolute atomic E-state index is 0.00597. The number of nitrogens with zero attached hydrogens (tertiary/aromatic N) is 2. The highest BCUT2D eigenvalue weighted by molar-refractivity contribution is 5.82. The summed E-state index contributed by atoms with van der Waals surface area (Å²) in [6.07, 6.45) is 2.14. The zero-order valence-corrected chi connectivity index (χ0v) is 7.86. The Labute approximate surface area is 81.1 Å². The fraction of sp³-hybridized carbons (Fsp3) is 0.625. The molecule has 1 aromatic rings. The van der Waals surface area contributed by atoms with Crippen molar-refractivity contribution >= 4 is 5.91 Å². The van der Waals surface area contributed by atoms with Crippen molar-refractivity contribution in [3.63, 3.8) is 0 Å². The van der Waals surface area contributed by atoms with Gasteiger partial charge in [-0.25, -0.2) is 0 Å². The van der Waals surface area contributed by atoms with Gasteiger partial charge in [0.2, 0.25) is 12.3 Å². The van der Waals surface area contributed by atoms with Crippen LogP contribution >= 0.6 is 0 Å². The smallest absolute Gasteiger partial charge is 0.237 e. The van der Waals surface area contributed by atoms with Gasteiger partial charge in [0.25, 0.3) is 0 Å². The van der Waals surface area contributed by atoms with E-state index in [1.807, 2.05) is 6.92 Å². The summed E-state index contributed by atoms with van der Waals surface area (Å²) in [6, 6.07) is -0.256. The summed E-state index contributed by atoms with van der Waals surface area (Å²) in [7, 11) is 0. The van der Waals surface area contributed by atoms with Crippen molar-refractivity contribution in [2.24, 2.45) is 0 Å². The number of amides is 1. The minimum Gasteiger partial charge on any atom is -0.345 e. The number of hydrogen-bond acceptors (Lipinski definition) is 5. The topological polar surface area (TPSA) is 80.0 Å². The van der Waals surface area contributed by atoms with Crippen LogP contribution in [0.1, 0.15) is 25.2 Å². The summed E-state index contributed by atoms with van der Waals surface area (Å²) in [5.41, 5.74) is 0. The number of carbonyl (C=O) groups is 1. The summed E-state index contributed by atoms with van der Waals surface area (Å²) >= 11 is 0. The lowest BCUT2D eigenvalue weighted by molar-refractivity contribution is -0.125. The van der Waals surface area contributed by atoms with E-state index in [0.717, 1.165) is 13.0 Å². The van der Waals surface area contributed by atoms with Crippen LogP contribution in [0.25, 0.3) is 0 Å². The summed E-state index contributed by atoms with van der Waals surface area (Å²) < 4.78 is 4.59. The highest BCUT2D eigenvalue weighted by atomic mass is 16.5. The van der Waals surface area contributed by atoms with Gasteiger partial charge in [-0.1, -0.05) is 5.16 Å². The summed E-state index contributed by atoms with van der Waals surface area (Å²) in [6.45, 7) is 2.73. The van der Waals surface area contributed by atoms with Crippen LogP contribution in [0.3, 0.4) is 0 Å². The molecule has 1 aliphatic rings. The molecule has 1 saturated heterocycles. The number of rotatable bonds is 3. The summed E-state index contributed by atoms with van der Waals surface area (Å²) in [5.74, 6) is 0.492. The van der Waals surface area contributed by atoms with Gasteiger partial charge < -0.3 is 15.2 Å². The van der Waals surface area contributed by atoms with E-state index in [9.17, 15) is 4.79 Å². The van der Waals surface area contributed by atoms with Crippen LogP contribution < -0.4 is 10.6 Å².